The van der Waals surface area contributed by atoms with E-state index in [9.17, 15) is 9.59 Å². The van der Waals surface area contributed by atoms with Crippen LogP contribution in [0.5, 0.6) is 0 Å². The lowest BCUT2D eigenvalue weighted by Gasteiger charge is -2.20. The molecular formula is C12H16BrN3O2. The maximum Gasteiger partial charge on any atom is 0.253 e. The molecule has 1 aromatic rings. The minimum absolute atomic E-state index is 0.163. The van der Waals surface area contributed by atoms with Gasteiger partial charge in [-0.2, -0.15) is 0 Å². The fourth-order valence-electron chi connectivity index (χ4n) is 1.22. The minimum Gasteiger partial charge on any atom is -0.398 e. The monoisotopic (exact) mass is 313 g/mol. The molecule has 5 N–H and O–H groups in total. The number of nitrogens with two attached hydrogens (primary N) is 2. The van der Waals surface area contributed by atoms with Crippen molar-refractivity contribution < 1.29 is 9.59 Å². The first-order valence-corrected chi connectivity index (χ1v) is 6.16. The highest BCUT2D eigenvalue weighted by Crippen LogP contribution is 2.19. The number of amides is 2. The number of rotatable bonds is 4. The largest absolute Gasteiger partial charge is 0.398 e. The zero-order valence-corrected chi connectivity index (χ0v) is 11.9. The standard InChI is InChI=1S/C12H16BrN3O2/c1-12(2,11(15)18)6-16-10(17)8-4-3-7(13)5-9(8)14/h3-5H,6,14H2,1-2H3,(H2,15,18)(H,16,17). The van der Waals surface area contributed by atoms with Crippen molar-refractivity contribution in [2.45, 2.75) is 13.8 Å². The summed E-state index contributed by atoms with van der Waals surface area (Å²) in [5.74, 6) is -0.791. The van der Waals surface area contributed by atoms with Gasteiger partial charge in [-0.25, -0.2) is 0 Å². The lowest BCUT2D eigenvalue weighted by molar-refractivity contribution is -0.125. The molecule has 0 aliphatic heterocycles. The van der Waals surface area contributed by atoms with Crippen LogP contribution >= 0.6 is 15.9 Å². The number of primary amides is 1. The van der Waals surface area contributed by atoms with Crippen molar-refractivity contribution in [3.63, 3.8) is 0 Å². The number of halogens is 1. The highest BCUT2D eigenvalue weighted by atomic mass is 79.9. The normalized spacial score (nSPS) is 11.1. The highest BCUT2D eigenvalue weighted by Gasteiger charge is 2.25. The third-order valence-electron chi connectivity index (χ3n) is 2.62. The number of nitrogen functional groups attached to an aromatic ring is 1. The summed E-state index contributed by atoms with van der Waals surface area (Å²) in [6, 6.07) is 4.99. The Labute approximate surface area is 114 Å². The van der Waals surface area contributed by atoms with E-state index in [-0.39, 0.29) is 12.5 Å². The number of carbonyl (C=O) groups is 2. The number of benzene rings is 1. The SMILES string of the molecule is CC(C)(CNC(=O)c1ccc(Br)cc1N)C(N)=O. The second-order valence-electron chi connectivity index (χ2n) is 4.66. The van der Waals surface area contributed by atoms with Gasteiger partial charge in [0.05, 0.1) is 11.0 Å². The van der Waals surface area contributed by atoms with Gasteiger partial charge < -0.3 is 16.8 Å². The molecular weight excluding hydrogens is 298 g/mol. The highest BCUT2D eigenvalue weighted by molar-refractivity contribution is 9.10. The maximum absolute atomic E-state index is 11.9. The summed E-state index contributed by atoms with van der Waals surface area (Å²) in [6.07, 6.45) is 0. The Hall–Kier alpha value is -1.56. The molecule has 0 unspecified atom stereocenters. The Bertz CT molecular complexity index is 486. The van der Waals surface area contributed by atoms with Crippen LogP contribution in [-0.2, 0) is 4.79 Å². The molecule has 0 spiro atoms. The van der Waals surface area contributed by atoms with Crippen molar-refractivity contribution in [3.8, 4) is 0 Å². The molecule has 0 heterocycles. The third kappa shape index (κ3) is 3.46. The van der Waals surface area contributed by atoms with Crippen LogP contribution in [-0.4, -0.2) is 18.4 Å². The van der Waals surface area contributed by atoms with Gasteiger partial charge in [-0.05, 0) is 32.0 Å². The predicted molar refractivity (Wildman–Crippen MR) is 73.9 cm³/mol. The minimum atomic E-state index is -0.792. The van der Waals surface area contributed by atoms with E-state index in [4.69, 9.17) is 11.5 Å². The third-order valence-corrected chi connectivity index (χ3v) is 3.11. The smallest absolute Gasteiger partial charge is 0.253 e. The Morgan fingerprint density at radius 1 is 1.39 bits per heavy atom. The molecule has 0 bridgehead atoms. The van der Waals surface area contributed by atoms with E-state index in [2.05, 4.69) is 21.2 Å². The van der Waals surface area contributed by atoms with Crippen LogP contribution < -0.4 is 16.8 Å². The van der Waals surface area contributed by atoms with E-state index in [1.807, 2.05) is 0 Å². The predicted octanol–water partition coefficient (Wildman–Crippen LogP) is 1.27. The van der Waals surface area contributed by atoms with Crippen LogP contribution in [0.3, 0.4) is 0 Å². The van der Waals surface area contributed by atoms with Gasteiger partial charge in [0.25, 0.3) is 5.91 Å². The fourth-order valence-corrected chi connectivity index (χ4v) is 1.60. The Balaban J connectivity index is 2.75. The Morgan fingerprint density at radius 3 is 2.50 bits per heavy atom. The number of nitrogens with one attached hydrogen (secondary N) is 1. The van der Waals surface area contributed by atoms with Gasteiger partial charge in [0, 0.05) is 16.7 Å². The first-order chi connectivity index (χ1) is 8.24. The molecule has 5 nitrogen and oxygen atoms in total. The molecule has 0 saturated carbocycles. The molecule has 0 radical (unpaired) electrons. The van der Waals surface area contributed by atoms with Crippen molar-refractivity contribution in [3.05, 3.63) is 28.2 Å². The van der Waals surface area contributed by atoms with Gasteiger partial charge in [-0.15, -0.1) is 0 Å². The summed E-state index contributed by atoms with van der Waals surface area (Å²) >= 11 is 3.26. The number of hydrogen-bond donors (Lipinski definition) is 3. The van der Waals surface area contributed by atoms with Crippen LogP contribution in [0.1, 0.15) is 24.2 Å². The fraction of sp³-hybridized carbons (Fsp3) is 0.333. The van der Waals surface area contributed by atoms with E-state index in [0.717, 1.165) is 4.47 Å². The summed E-state index contributed by atoms with van der Waals surface area (Å²) in [6.45, 7) is 3.50. The van der Waals surface area contributed by atoms with E-state index in [1.54, 1.807) is 32.0 Å². The lowest BCUT2D eigenvalue weighted by Crippen LogP contribution is -2.42. The van der Waals surface area contributed by atoms with Gasteiger partial charge in [-0.3, -0.25) is 9.59 Å². The van der Waals surface area contributed by atoms with E-state index >= 15 is 0 Å². The summed E-state index contributed by atoms with van der Waals surface area (Å²) in [5, 5.41) is 2.65. The van der Waals surface area contributed by atoms with Crippen LogP contribution in [0, 0.1) is 5.41 Å². The second kappa shape index (κ2) is 5.39. The average molecular weight is 314 g/mol. The molecule has 18 heavy (non-hydrogen) atoms. The zero-order chi connectivity index (χ0) is 13.9. The Morgan fingerprint density at radius 2 is 2.00 bits per heavy atom. The van der Waals surface area contributed by atoms with Crippen molar-refractivity contribution in [1.29, 1.82) is 0 Å². The van der Waals surface area contributed by atoms with Crippen molar-refractivity contribution in [2.75, 3.05) is 12.3 Å². The molecule has 0 aliphatic rings. The molecule has 1 aromatic carbocycles. The van der Waals surface area contributed by atoms with Gasteiger partial charge >= 0.3 is 0 Å². The zero-order valence-electron chi connectivity index (χ0n) is 10.3. The number of carbonyl (C=O) groups excluding carboxylic acids is 2. The molecule has 0 aliphatic carbocycles. The quantitative estimate of drug-likeness (QED) is 0.730. The average Bonchev–Trinajstić information content (AvgIpc) is 2.25. The van der Waals surface area contributed by atoms with Gasteiger partial charge in [-0.1, -0.05) is 15.9 Å². The molecule has 2 amide bonds. The maximum atomic E-state index is 11.9. The lowest BCUT2D eigenvalue weighted by atomic mass is 9.92. The first-order valence-electron chi connectivity index (χ1n) is 5.37. The van der Waals surface area contributed by atoms with Gasteiger partial charge in [0.2, 0.25) is 5.91 Å². The molecule has 0 saturated heterocycles. The summed E-state index contributed by atoms with van der Waals surface area (Å²) in [5.41, 5.74) is 10.9. The molecule has 0 aromatic heterocycles. The van der Waals surface area contributed by atoms with E-state index in [1.165, 1.54) is 0 Å². The van der Waals surface area contributed by atoms with Crippen LogP contribution in [0.4, 0.5) is 5.69 Å². The molecule has 1 rings (SSSR count). The second-order valence-corrected chi connectivity index (χ2v) is 5.58. The number of hydrogen-bond acceptors (Lipinski definition) is 3. The van der Waals surface area contributed by atoms with Crippen molar-refractivity contribution in [2.24, 2.45) is 11.1 Å². The topological polar surface area (TPSA) is 98.2 Å². The van der Waals surface area contributed by atoms with Gasteiger partial charge in [0.1, 0.15) is 0 Å². The summed E-state index contributed by atoms with van der Waals surface area (Å²) in [4.78, 5) is 23.0. The Kier molecular flexibility index (Phi) is 4.34. The summed E-state index contributed by atoms with van der Waals surface area (Å²) in [7, 11) is 0. The molecule has 0 fully saturated rings. The van der Waals surface area contributed by atoms with Gasteiger partial charge in [0.15, 0.2) is 0 Å². The molecule has 98 valence electrons. The van der Waals surface area contributed by atoms with Crippen molar-refractivity contribution in [1.82, 2.24) is 5.32 Å². The van der Waals surface area contributed by atoms with Crippen LogP contribution in [0.2, 0.25) is 0 Å². The molecule has 6 heteroatoms. The number of anilines is 1. The van der Waals surface area contributed by atoms with Crippen molar-refractivity contribution >= 4 is 33.4 Å². The van der Waals surface area contributed by atoms with Crippen LogP contribution in [0.25, 0.3) is 0 Å². The molecule has 0 atom stereocenters. The summed E-state index contributed by atoms with van der Waals surface area (Å²) < 4.78 is 0.800. The van der Waals surface area contributed by atoms with E-state index < -0.39 is 11.3 Å². The van der Waals surface area contributed by atoms with E-state index in [0.29, 0.717) is 11.3 Å². The first kappa shape index (κ1) is 14.5. The van der Waals surface area contributed by atoms with Crippen LogP contribution in [0.15, 0.2) is 22.7 Å².